The Morgan fingerprint density at radius 2 is 1.73 bits per heavy atom. The molecule has 2 aromatic rings. The van der Waals surface area contributed by atoms with Crippen molar-refractivity contribution in [2.75, 3.05) is 4.90 Å². The van der Waals surface area contributed by atoms with Crippen molar-refractivity contribution in [1.82, 2.24) is 0 Å². The maximum absolute atomic E-state index is 12.4. The summed E-state index contributed by atoms with van der Waals surface area (Å²) >= 11 is 6.21. The Bertz CT molecular complexity index is 770. The van der Waals surface area contributed by atoms with E-state index < -0.39 is 5.72 Å². The number of amides is 1. The second-order valence-electron chi connectivity index (χ2n) is 5.47. The fraction of sp³-hybridized carbons (Fsp3) is 0.167. The van der Waals surface area contributed by atoms with Crippen molar-refractivity contribution >= 4 is 23.2 Å². The van der Waals surface area contributed by atoms with Crippen LogP contribution >= 0.6 is 11.6 Å². The van der Waals surface area contributed by atoms with E-state index in [0.717, 1.165) is 11.1 Å². The summed E-state index contributed by atoms with van der Waals surface area (Å²) in [7, 11) is 0. The molecule has 112 valence electrons. The van der Waals surface area contributed by atoms with Gasteiger partial charge >= 0.3 is 0 Å². The van der Waals surface area contributed by atoms with Crippen molar-refractivity contribution in [2.24, 2.45) is 0 Å². The van der Waals surface area contributed by atoms with Crippen LogP contribution in [-0.2, 0) is 10.5 Å². The monoisotopic (exact) mass is 313 g/mol. The number of benzene rings is 2. The van der Waals surface area contributed by atoms with Crippen molar-refractivity contribution in [3.63, 3.8) is 0 Å². The van der Waals surface area contributed by atoms with E-state index in [2.05, 4.69) is 0 Å². The van der Waals surface area contributed by atoms with Crippen LogP contribution in [0.4, 0.5) is 5.69 Å². The van der Waals surface area contributed by atoms with Crippen LogP contribution in [-0.4, -0.2) is 11.0 Å². The lowest BCUT2D eigenvalue weighted by Crippen LogP contribution is -2.45. The van der Waals surface area contributed by atoms with Gasteiger partial charge in [-0.15, -0.1) is 0 Å². The lowest BCUT2D eigenvalue weighted by molar-refractivity contribution is -0.116. The summed E-state index contributed by atoms with van der Waals surface area (Å²) in [4.78, 5) is 13.7. The third-order valence-electron chi connectivity index (χ3n) is 4.05. The van der Waals surface area contributed by atoms with E-state index in [1.54, 1.807) is 24.3 Å². The number of hydrogen-bond donors (Lipinski definition) is 1. The molecule has 0 aromatic heterocycles. The number of aliphatic hydroxyl groups is 1. The van der Waals surface area contributed by atoms with Crippen LogP contribution < -0.4 is 4.90 Å². The maximum Gasteiger partial charge on any atom is 0.255 e. The van der Waals surface area contributed by atoms with Gasteiger partial charge in [0.25, 0.3) is 5.91 Å². The molecule has 0 aliphatic carbocycles. The normalized spacial score (nSPS) is 21.2. The fourth-order valence-corrected chi connectivity index (χ4v) is 2.94. The molecule has 22 heavy (non-hydrogen) atoms. The number of nitrogens with zero attached hydrogens (tertiary/aromatic N) is 1. The van der Waals surface area contributed by atoms with Crippen molar-refractivity contribution in [3.05, 3.63) is 76.3 Å². The van der Waals surface area contributed by atoms with E-state index in [1.165, 1.54) is 11.0 Å². The van der Waals surface area contributed by atoms with Crippen LogP contribution in [0.1, 0.15) is 16.7 Å². The van der Waals surface area contributed by atoms with Crippen LogP contribution in [0.5, 0.6) is 0 Å². The molecule has 1 N–H and O–H groups in total. The molecule has 1 atom stereocenters. The van der Waals surface area contributed by atoms with E-state index in [4.69, 9.17) is 11.6 Å². The Kier molecular flexibility index (Phi) is 3.55. The molecule has 3 rings (SSSR count). The number of anilines is 1. The lowest BCUT2D eigenvalue weighted by atomic mass is 10.0. The topological polar surface area (TPSA) is 40.5 Å². The van der Waals surface area contributed by atoms with Gasteiger partial charge in [-0.25, -0.2) is 0 Å². The van der Waals surface area contributed by atoms with E-state index >= 15 is 0 Å². The minimum atomic E-state index is -1.67. The first-order valence-electron chi connectivity index (χ1n) is 7.01. The molecular formula is C18H16ClNO2. The number of rotatable bonds is 2. The number of aryl methyl sites for hydroxylation is 2. The van der Waals surface area contributed by atoms with Crippen LogP contribution in [0.15, 0.2) is 59.6 Å². The summed E-state index contributed by atoms with van der Waals surface area (Å²) in [6.45, 7) is 3.97. The predicted molar refractivity (Wildman–Crippen MR) is 87.7 cm³/mol. The van der Waals surface area contributed by atoms with Gasteiger partial charge in [0.05, 0.1) is 5.03 Å². The van der Waals surface area contributed by atoms with Crippen LogP contribution in [0.2, 0.25) is 0 Å². The average Bonchev–Trinajstić information content (AvgIpc) is 2.74. The zero-order valence-corrected chi connectivity index (χ0v) is 13.1. The van der Waals surface area contributed by atoms with Gasteiger partial charge in [-0.05, 0) is 37.1 Å². The Morgan fingerprint density at radius 3 is 2.36 bits per heavy atom. The first-order chi connectivity index (χ1) is 10.4. The Labute approximate surface area is 134 Å². The molecule has 2 aromatic carbocycles. The van der Waals surface area contributed by atoms with Crippen LogP contribution in [0.3, 0.4) is 0 Å². The summed E-state index contributed by atoms with van der Waals surface area (Å²) in [6, 6.07) is 14.6. The van der Waals surface area contributed by atoms with Crippen LogP contribution in [0.25, 0.3) is 0 Å². The molecular weight excluding hydrogens is 298 g/mol. The standard InChI is InChI=1S/C18H16ClNO2/c1-12-8-9-15(10-13(12)2)20-17(21)11-16(19)18(20,22)14-6-4-3-5-7-14/h3-11,22H,1-2H3. The van der Waals surface area contributed by atoms with Crippen LogP contribution in [0, 0.1) is 13.8 Å². The van der Waals surface area contributed by atoms with Crippen molar-refractivity contribution in [2.45, 2.75) is 19.6 Å². The maximum atomic E-state index is 12.4. The van der Waals surface area contributed by atoms with E-state index in [-0.39, 0.29) is 10.9 Å². The minimum Gasteiger partial charge on any atom is -0.362 e. The smallest absolute Gasteiger partial charge is 0.255 e. The molecule has 0 bridgehead atoms. The van der Waals surface area contributed by atoms with Gasteiger partial charge in [0, 0.05) is 17.3 Å². The largest absolute Gasteiger partial charge is 0.362 e. The first kappa shape index (κ1) is 14.8. The quantitative estimate of drug-likeness (QED) is 0.920. The molecule has 1 amide bonds. The first-order valence-corrected chi connectivity index (χ1v) is 7.39. The number of carbonyl (C=O) groups excluding carboxylic acids is 1. The number of carbonyl (C=O) groups is 1. The van der Waals surface area contributed by atoms with Gasteiger partial charge in [0.2, 0.25) is 5.72 Å². The second-order valence-corrected chi connectivity index (χ2v) is 5.88. The molecule has 1 aliphatic rings. The Morgan fingerprint density at radius 1 is 1.05 bits per heavy atom. The number of halogens is 1. The zero-order chi connectivity index (χ0) is 15.9. The molecule has 4 heteroatoms. The third-order valence-corrected chi connectivity index (χ3v) is 4.42. The van der Waals surface area contributed by atoms with Gasteiger partial charge in [-0.3, -0.25) is 9.69 Å². The minimum absolute atomic E-state index is 0.0990. The average molecular weight is 314 g/mol. The Balaban J connectivity index is 2.16. The summed E-state index contributed by atoms with van der Waals surface area (Å²) < 4.78 is 0. The molecule has 1 heterocycles. The summed E-state index contributed by atoms with van der Waals surface area (Å²) in [5.41, 5.74) is 1.68. The molecule has 3 nitrogen and oxygen atoms in total. The highest BCUT2D eigenvalue weighted by Crippen LogP contribution is 2.43. The van der Waals surface area contributed by atoms with Gasteiger partial charge in [0.15, 0.2) is 0 Å². The van der Waals surface area contributed by atoms with Gasteiger partial charge in [0.1, 0.15) is 0 Å². The molecule has 1 aliphatic heterocycles. The van der Waals surface area contributed by atoms with Gasteiger partial charge < -0.3 is 5.11 Å². The summed E-state index contributed by atoms with van der Waals surface area (Å²) in [6.07, 6.45) is 1.27. The lowest BCUT2D eigenvalue weighted by Gasteiger charge is -2.35. The van der Waals surface area contributed by atoms with Gasteiger partial charge in [-0.2, -0.15) is 0 Å². The number of hydrogen-bond acceptors (Lipinski definition) is 2. The third kappa shape index (κ3) is 2.14. The molecule has 0 fully saturated rings. The van der Waals surface area contributed by atoms with Crippen molar-refractivity contribution < 1.29 is 9.90 Å². The highest BCUT2D eigenvalue weighted by Gasteiger charge is 2.48. The molecule has 0 saturated heterocycles. The highest BCUT2D eigenvalue weighted by molar-refractivity contribution is 6.35. The molecule has 0 spiro atoms. The Hall–Kier alpha value is -2.10. The predicted octanol–water partition coefficient (Wildman–Crippen LogP) is 3.62. The van der Waals surface area contributed by atoms with Gasteiger partial charge in [-0.1, -0.05) is 48.0 Å². The fourth-order valence-electron chi connectivity index (χ4n) is 2.66. The van der Waals surface area contributed by atoms with Crippen molar-refractivity contribution in [3.8, 4) is 0 Å². The van der Waals surface area contributed by atoms with Crippen molar-refractivity contribution in [1.29, 1.82) is 0 Å². The highest BCUT2D eigenvalue weighted by atomic mass is 35.5. The van der Waals surface area contributed by atoms with E-state index in [0.29, 0.717) is 11.3 Å². The summed E-state index contributed by atoms with van der Waals surface area (Å²) in [5, 5.41) is 11.3. The molecule has 0 radical (unpaired) electrons. The second kappa shape index (κ2) is 5.27. The SMILES string of the molecule is Cc1ccc(N2C(=O)C=C(Cl)C2(O)c2ccccc2)cc1C. The zero-order valence-electron chi connectivity index (χ0n) is 12.4. The molecule has 0 saturated carbocycles. The van der Waals surface area contributed by atoms with E-state index in [9.17, 15) is 9.90 Å². The summed E-state index contributed by atoms with van der Waals surface area (Å²) in [5.74, 6) is -0.334. The molecule has 1 unspecified atom stereocenters. The van der Waals surface area contributed by atoms with E-state index in [1.807, 2.05) is 38.1 Å².